The summed E-state index contributed by atoms with van der Waals surface area (Å²) in [6, 6.07) is 10.8. The Kier molecular flexibility index (Phi) is 5.30. The lowest BCUT2D eigenvalue weighted by atomic mass is 9.94. The molecule has 2 aromatic heterocycles. The van der Waals surface area contributed by atoms with Crippen LogP contribution in [0.4, 0.5) is 0 Å². The van der Waals surface area contributed by atoms with Crippen LogP contribution >= 0.6 is 0 Å². The van der Waals surface area contributed by atoms with Crippen LogP contribution in [-0.4, -0.2) is 38.6 Å². The number of aryl methyl sites for hydroxylation is 1. The summed E-state index contributed by atoms with van der Waals surface area (Å²) in [6.45, 7) is 2.82. The first-order chi connectivity index (χ1) is 13.6. The molecular weight excluding hydrogens is 354 g/mol. The molecule has 1 aliphatic heterocycles. The Balaban J connectivity index is 1.43. The predicted molar refractivity (Wildman–Crippen MR) is 106 cm³/mol. The van der Waals surface area contributed by atoms with E-state index < -0.39 is 5.97 Å². The van der Waals surface area contributed by atoms with E-state index in [-0.39, 0.29) is 5.56 Å². The van der Waals surface area contributed by atoms with Crippen LogP contribution < -0.4 is 0 Å². The normalized spacial score (nSPS) is 17.7. The molecule has 6 heteroatoms. The van der Waals surface area contributed by atoms with Gasteiger partial charge in [-0.3, -0.25) is 4.90 Å². The third-order valence-corrected chi connectivity index (χ3v) is 5.46. The number of carboxylic acids is 1. The van der Waals surface area contributed by atoms with Crippen LogP contribution in [0.25, 0.3) is 11.3 Å². The van der Waals surface area contributed by atoms with Gasteiger partial charge in [-0.15, -0.1) is 0 Å². The topological polar surface area (TPSA) is 71.5 Å². The number of furan rings is 1. The predicted octanol–water partition coefficient (Wildman–Crippen LogP) is 3.83. The molecule has 0 aliphatic carbocycles. The number of hydrogen-bond acceptors (Lipinski definition) is 4. The number of nitrogens with zero attached hydrogens (tertiary/aromatic N) is 3. The highest BCUT2D eigenvalue weighted by Crippen LogP contribution is 2.28. The molecule has 3 aromatic rings. The molecule has 0 spiro atoms. The fourth-order valence-electron chi connectivity index (χ4n) is 4.03. The van der Waals surface area contributed by atoms with E-state index in [9.17, 15) is 9.90 Å². The molecule has 0 amide bonds. The Morgan fingerprint density at radius 1 is 1.29 bits per heavy atom. The summed E-state index contributed by atoms with van der Waals surface area (Å²) in [4.78, 5) is 18.3. The molecule has 3 heterocycles. The summed E-state index contributed by atoms with van der Waals surface area (Å²) in [5, 5.41) is 9.39. The van der Waals surface area contributed by atoms with E-state index in [0.717, 1.165) is 37.6 Å². The Morgan fingerprint density at radius 3 is 2.93 bits per heavy atom. The SMILES string of the molecule is Cn1ccnc1C[C@@H]1CCCN(Cc2ccc(-c3ccccc3C(=O)O)o2)C1. The molecule has 0 saturated carbocycles. The molecule has 28 heavy (non-hydrogen) atoms. The van der Waals surface area contributed by atoms with Gasteiger partial charge in [0.2, 0.25) is 0 Å². The number of benzene rings is 1. The van der Waals surface area contributed by atoms with Gasteiger partial charge >= 0.3 is 5.97 Å². The Hall–Kier alpha value is -2.86. The molecule has 0 bridgehead atoms. The molecule has 1 aliphatic rings. The molecule has 1 saturated heterocycles. The zero-order valence-electron chi connectivity index (χ0n) is 16.0. The number of carboxylic acid groups (broad SMARTS) is 1. The molecule has 1 fully saturated rings. The number of piperidine rings is 1. The van der Waals surface area contributed by atoms with Crippen molar-refractivity contribution in [1.82, 2.24) is 14.5 Å². The van der Waals surface area contributed by atoms with Crippen molar-refractivity contribution < 1.29 is 14.3 Å². The zero-order valence-corrected chi connectivity index (χ0v) is 16.0. The minimum atomic E-state index is -0.943. The van der Waals surface area contributed by atoms with Crippen LogP contribution in [-0.2, 0) is 20.0 Å². The van der Waals surface area contributed by atoms with Crippen LogP contribution in [0.2, 0.25) is 0 Å². The minimum absolute atomic E-state index is 0.261. The Bertz CT molecular complexity index is 959. The van der Waals surface area contributed by atoms with Gasteiger partial charge in [-0.25, -0.2) is 9.78 Å². The van der Waals surface area contributed by atoms with Crippen LogP contribution in [0.1, 0.15) is 34.8 Å². The highest BCUT2D eigenvalue weighted by molar-refractivity contribution is 5.95. The van der Waals surface area contributed by atoms with Crippen molar-refractivity contribution in [3.63, 3.8) is 0 Å². The molecule has 1 aromatic carbocycles. The average molecular weight is 379 g/mol. The lowest BCUT2D eigenvalue weighted by Crippen LogP contribution is -2.35. The molecule has 4 rings (SSSR count). The largest absolute Gasteiger partial charge is 0.478 e. The number of hydrogen-bond donors (Lipinski definition) is 1. The summed E-state index contributed by atoms with van der Waals surface area (Å²) in [5.41, 5.74) is 0.879. The van der Waals surface area contributed by atoms with E-state index in [1.807, 2.05) is 37.6 Å². The highest BCUT2D eigenvalue weighted by Gasteiger charge is 2.22. The minimum Gasteiger partial charge on any atom is -0.478 e. The fraction of sp³-hybridized carbons (Fsp3) is 0.364. The lowest BCUT2D eigenvalue weighted by molar-refractivity contribution is 0.0697. The standard InChI is InChI=1S/C22H25N3O3/c1-24-12-10-23-21(24)13-16-5-4-11-25(14-16)15-17-8-9-20(28-17)18-6-2-3-7-19(18)22(26)27/h2-3,6-10,12,16H,4-5,11,13-15H2,1H3,(H,26,27)/t16-/m0/s1. The fourth-order valence-corrected chi connectivity index (χ4v) is 4.03. The first-order valence-corrected chi connectivity index (χ1v) is 9.70. The molecular formula is C22H25N3O3. The Morgan fingerprint density at radius 2 is 2.14 bits per heavy atom. The maximum atomic E-state index is 11.5. The van der Waals surface area contributed by atoms with Gasteiger partial charge in [0.1, 0.15) is 17.3 Å². The smallest absolute Gasteiger partial charge is 0.336 e. The van der Waals surface area contributed by atoms with Gasteiger partial charge < -0.3 is 14.1 Å². The molecule has 0 radical (unpaired) electrons. The first-order valence-electron chi connectivity index (χ1n) is 9.70. The summed E-state index contributed by atoms with van der Waals surface area (Å²) >= 11 is 0. The second-order valence-corrected chi connectivity index (χ2v) is 7.52. The Labute approximate surface area is 164 Å². The summed E-state index contributed by atoms with van der Waals surface area (Å²) in [6.07, 6.45) is 7.24. The molecule has 1 N–H and O–H groups in total. The lowest BCUT2D eigenvalue weighted by Gasteiger charge is -2.32. The van der Waals surface area contributed by atoms with Gasteiger partial charge in [0.25, 0.3) is 0 Å². The van der Waals surface area contributed by atoms with E-state index >= 15 is 0 Å². The highest BCUT2D eigenvalue weighted by atomic mass is 16.4. The van der Waals surface area contributed by atoms with Gasteiger partial charge in [0.15, 0.2) is 0 Å². The first kappa shape index (κ1) is 18.5. The maximum Gasteiger partial charge on any atom is 0.336 e. The van der Waals surface area contributed by atoms with Crippen molar-refractivity contribution in [2.24, 2.45) is 13.0 Å². The van der Waals surface area contributed by atoms with Crippen molar-refractivity contribution in [3.8, 4) is 11.3 Å². The van der Waals surface area contributed by atoms with E-state index in [0.29, 0.717) is 17.2 Å². The van der Waals surface area contributed by atoms with Crippen LogP contribution in [0, 0.1) is 5.92 Å². The zero-order chi connectivity index (χ0) is 19.5. The number of likely N-dealkylation sites (tertiary alicyclic amines) is 1. The van der Waals surface area contributed by atoms with Gasteiger partial charge in [-0.1, -0.05) is 18.2 Å². The second-order valence-electron chi connectivity index (χ2n) is 7.52. The monoisotopic (exact) mass is 379 g/mol. The van der Waals surface area contributed by atoms with Crippen molar-refractivity contribution in [3.05, 3.63) is 65.9 Å². The van der Waals surface area contributed by atoms with Crippen molar-refractivity contribution in [2.75, 3.05) is 13.1 Å². The maximum absolute atomic E-state index is 11.5. The summed E-state index contributed by atoms with van der Waals surface area (Å²) in [5.74, 6) is 2.26. The number of aromatic nitrogens is 2. The number of rotatable bonds is 6. The quantitative estimate of drug-likeness (QED) is 0.705. The van der Waals surface area contributed by atoms with Crippen LogP contribution in [0.5, 0.6) is 0 Å². The van der Waals surface area contributed by atoms with Gasteiger partial charge in [0.05, 0.1) is 12.1 Å². The van der Waals surface area contributed by atoms with Gasteiger partial charge in [-0.05, 0) is 43.5 Å². The van der Waals surface area contributed by atoms with Crippen molar-refractivity contribution in [2.45, 2.75) is 25.8 Å². The van der Waals surface area contributed by atoms with Crippen LogP contribution in [0.15, 0.2) is 53.2 Å². The second kappa shape index (κ2) is 8.02. The van der Waals surface area contributed by atoms with E-state index in [1.165, 1.54) is 12.8 Å². The molecule has 146 valence electrons. The van der Waals surface area contributed by atoms with Gasteiger partial charge in [0, 0.05) is 38.0 Å². The number of carbonyl (C=O) groups is 1. The summed E-state index contributed by atoms with van der Waals surface area (Å²) < 4.78 is 8.10. The van der Waals surface area contributed by atoms with Crippen LogP contribution in [0.3, 0.4) is 0 Å². The summed E-state index contributed by atoms with van der Waals surface area (Å²) in [7, 11) is 2.04. The van der Waals surface area contributed by atoms with E-state index in [4.69, 9.17) is 4.42 Å². The van der Waals surface area contributed by atoms with E-state index in [1.54, 1.807) is 18.2 Å². The average Bonchev–Trinajstić information content (AvgIpc) is 3.31. The molecule has 1 atom stereocenters. The van der Waals surface area contributed by atoms with Gasteiger partial charge in [-0.2, -0.15) is 0 Å². The third kappa shape index (κ3) is 4.02. The number of imidazole rings is 1. The van der Waals surface area contributed by atoms with E-state index in [2.05, 4.69) is 14.5 Å². The van der Waals surface area contributed by atoms with Crippen molar-refractivity contribution in [1.29, 1.82) is 0 Å². The third-order valence-electron chi connectivity index (χ3n) is 5.46. The number of aromatic carboxylic acids is 1. The van der Waals surface area contributed by atoms with Crippen molar-refractivity contribution >= 4 is 5.97 Å². The molecule has 6 nitrogen and oxygen atoms in total. The molecule has 0 unspecified atom stereocenters.